The Morgan fingerprint density at radius 1 is 1.25 bits per heavy atom. The van der Waals surface area contributed by atoms with Gasteiger partial charge in [-0.15, -0.1) is 0 Å². The normalized spacial score (nSPS) is 26.8. The summed E-state index contributed by atoms with van der Waals surface area (Å²) in [5, 5.41) is 3.87. The van der Waals surface area contributed by atoms with E-state index >= 15 is 0 Å². The van der Waals surface area contributed by atoms with Gasteiger partial charge in [0.1, 0.15) is 0 Å². The highest BCUT2D eigenvalue weighted by Gasteiger charge is 2.35. The Morgan fingerprint density at radius 2 is 2.00 bits per heavy atom. The predicted octanol–water partition coefficient (Wildman–Crippen LogP) is 2.75. The van der Waals surface area contributed by atoms with Crippen molar-refractivity contribution in [3.05, 3.63) is 35.9 Å². The molecule has 0 saturated carbocycles. The van der Waals surface area contributed by atoms with Gasteiger partial charge in [-0.05, 0) is 50.7 Å². The number of rotatable bonds is 4. The second-order valence-corrected chi connectivity index (χ2v) is 7.54. The highest BCUT2D eigenvalue weighted by Crippen LogP contribution is 2.35. The molecular formula is C17H26N2S. The minimum absolute atomic E-state index is 0.348. The quantitative estimate of drug-likeness (QED) is 0.918. The lowest BCUT2D eigenvalue weighted by Crippen LogP contribution is -2.49. The van der Waals surface area contributed by atoms with Crippen LogP contribution in [0.1, 0.15) is 24.8 Å². The second kappa shape index (κ2) is 6.50. The highest BCUT2D eigenvalue weighted by atomic mass is 32.2. The molecule has 0 bridgehead atoms. The Hall–Kier alpha value is -0.510. The maximum absolute atomic E-state index is 3.87. The summed E-state index contributed by atoms with van der Waals surface area (Å²) in [6, 6.07) is 11.9. The summed E-state index contributed by atoms with van der Waals surface area (Å²) in [5.74, 6) is 2.63. The number of hydrogen-bond donors (Lipinski definition) is 1. The SMILES string of the molecule is CN1CCC(CNC2CCSC2)(c2ccccc2)CC1. The third-order valence-electron chi connectivity index (χ3n) is 4.99. The third-order valence-corrected chi connectivity index (χ3v) is 6.15. The molecule has 2 aliphatic heterocycles. The first-order valence-electron chi connectivity index (χ1n) is 7.84. The Balaban J connectivity index is 1.73. The molecule has 1 aromatic rings. The zero-order valence-corrected chi connectivity index (χ0v) is 13.3. The van der Waals surface area contributed by atoms with Crippen LogP contribution in [-0.4, -0.2) is 49.1 Å². The fourth-order valence-corrected chi connectivity index (χ4v) is 4.63. The van der Waals surface area contributed by atoms with Gasteiger partial charge in [0.05, 0.1) is 0 Å². The number of benzene rings is 1. The van der Waals surface area contributed by atoms with Gasteiger partial charge in [0.25, 0.3) is 0 Å². The molecule has 2 saturated heterocycles. The van der Waals surface area contributed by atoms with Crippen LogP contribution in [0.4, 0.5) is 0 Å². The summed E-state index contributed by atoms with van der Waals surface area (Å²) >= 11 is 2.09. The van der Waals surface area contributed by atoms with Gasteiger partial charge in [-0.25, -0.2) is 0 Å². The molecule has 1 unspecified atom stereocenters. The van der Waals surface area contributed by atoms with E-state index in [1.54, 1.807) is 0 Å². The Labute approximate surface area is 127 Å². The molecule has 1 atom stereocenters. The molecule has 2 aliphatic rings. The zero-order valence-electron chi connectivity index (χ0n) is 12.5. The first-order valence-corrected chi connectivity index (χ1v) is 8.99. The van der Waals surface area contributed by atoms with E-state index in [4.69, 9.17) is 0 Å². The standard InChI is InChI=1S/C17H26N2S/c1-19-10-8-17(9-11-19,15-5-3-2-4-6-15)14-18-16-7-12-20-13-16/h2-6,16,18H,7-14H2,1H3. The summed E-state index contributed by atoms with van der Waals surface area (Å²) in [6.45, 7) is 3.59. The van der Waals surface area contributed by atoms with Crippen molar-refractivity contribution in [3.8, 4) is 0 Å². The van der Waals surface area contributed by atoms with E-state index in [1.807, 2.05) is 0 Å². The average molecular weight is 290 g/mol. The molecule has 3 heteroatoms. The van der Waals surface area contributed by atoms with E-state index in [1.165, 1.54) is 49.4 Å². The Kier molecular flexibility index (Phi) is 4.69. The van der Waals surface area contributed by atoms with Crippen molar-refractivity contribution in [1.29, 1.82) is 0 Å². The molecule has 2 heterocycles. The van der Waals surface area contributed by atoms with E-state index in [-0.39, 0.29) is 0 Å². The molecular weight excluding hydrogens is 264 g/mol. The molecule has 0 radical (unpaired) electrons. The smallest absolute Gasteiger partial charge is 0.0166 e. The minimum atomic E-state index is 0.348. The van der Waals surface area contributed by atoms with Crippen LogP contribution in [0, 0.1) is 0 Å². The number of nitrogens with zero attached hydrogens (tertiary/aromatic N) is 1. The molecule has 0 amide bonds. The van der Waals surface area contributed by atoms with Crippen LogP contribution in [0.2, 0.25) is 0 Å². The topological polar surface area (TPSA) is 15.3 Å². The van der Waals surface area contributed by atoms with Gasteiger partial charge in [-0.2, -0.15) is 11.8 Å². The number of hydrogen-bond acceptors (Lipinski definition) is 3. The second-order valence-electron chi connectivity index (χ2n) is 6.39. The molecule has 3 rings (SSSR count). The lowest BCUT2D eigenvalue weighted by atomic mass is 9.72. The summed E-state index contributed by atoms with van der Waals surface area (Å²) < 4.78 is 0. The van der Waals surface area contributed by atoms with Crippen molar-refractivity contribution < 1.29 is 0 Å². The molecule has 0 aliphatic carbocycles. The predicted molar refractivity (Wildman–Crippen MR) is 88.6 cm³/mol. The lowest BCUT2D eigenvalue weighted by Gasteiger charge is -2.42. The Morgan fingerprint density at radius 3 is 2.65 bits per heavy atom. The van der Waals surface area contributed by atoms with Crippen LogP contribution >= 0.6 is 11.8 Å². The summed E-state index contributed by atoms with van der Waals surface area (Å²) in [7, 11) is 2.25. The highest BCUT2D eigenvalue weighted by molar-refractivity contribution is 7.99. The van der Waals surface area contributed by atoms with Crippen LogP contribution in [0.3, 0.4) is 0 Å². The summed E-state index contributed by atoms with van der Waals surface area (Å²) in [6.07, 6.45) is 3.90. The number of piperidine rings is 1. The Bertz CT molecular complexity index is 406. The number of nitrogens with one attached hydrogen (secondary N) is 1. The van der Waals surface area contributed by atoms with Crippen LogP contribution in [0.5, 0.6) is 0 Å². The van der Waals surface area contributed by atoms with Crippen LogP contribution < -0.4 is 5.32 Å². The molecule has 110 valence electrons. The van der Waals surface area contributed by atoms with E-state index < -0.39 is 0 Å². The fraction of sp³-hybridized carbons (Fsp3) is 0.647. The maximum Gasteiger partial charge on any atom is 0.0166 e. The van der Waals surface area contributed by atoms with Crippen molar-refractivity contribution in [2.75, 3.05) is 38.2 Å². The van der Waals surface area contributed by atoms with E-state index in [9.17, 15) is 0 Å². The van der Waals surface area contributed by atoms with Crippen molar-refractivity contribution in [2.45, 2.75) is 30.7 Å². The van der Waals surface area contributed by atoms with Crippen LogP contribution in [0.15, 0.2) is 30.3 Å². The van der Waals surface area contributed by atoms with Crippen molar-refractivity contribution in [2.24, 2.45) is 0 Å². The largest absolute Gasteiger partial charge is 0.312 e. The molecule has 2 fully saturated rings. The molecule has 20 heavy (non-hydrogen) atoms. The van der Waals surface area contributed by atoms with Gasteiger partial charge < -0.3 is 10.2 Å². The van der Waals surface area contributed by atoms with Gasteiger partial charge in [0.2, 0.25) is 0 Å². The summed E-state index contributed by atoms with van der Waals surface area (Å²) in [4.78, 5) is 2.46. The van der Waals surface area contributed by atoms with Crippen molar-refractivity contribution in [1.82, 2.24) is 10.2 Å². The van der Waals surface area contributed by atoms with Gasteiger partial charge in [-0.1, -0.05) is 30.3 Å². The summed E-state index contributed by atoms with van der Waals surface area (Å²) in [5.41, 5.74) is 1.88. The molecule has 1 aromatic carbocycles. The van der Waals surface area contributed by atoms with Crippen LogP contribution in [-0.2, 0) is 5.41 Å². The first kappa shape index (κ1) is 14.4. The number of likely N-dealkylation sites (tertiary alicyclic amines) is 1. The first-order chi connectivity index (χ1) is 9.78. The average Bonchev–Trinajstić information content (AvgIpc) is 3.01. The maximum atomic E-state index is 3.87. The van der Waals surface area contributed by atoms with E-state index in [0.717, 1.165) is 12.6 Å². The monoisotopic (exact) mass is 290 g/mol. The van der Waals surface area contributed by atoms with Crippen LogP contribution in [0.25, 0.3) is 0 Å². The minimum Gasteiger partial charge on any atom is -0.312 e. The number of thioether (sulfide) groups is 1. The van der Waals surface area contributed by atoms with Crippen molar-refractivity contribution >= 4 is 11.8 Å². The van der Waals surface area contributed by atoms with Gasteiger partial charge in [0, 0.05) is 23.8 Å². The van der Waals surface area contributed by atoms with Gasteiger partial charge in [0.15, 0.2) is 0 Å². The van der Waals surface area contributed by atoms with E-state index in [0.29, 0.717) is 5.41 Å². The lowest BCUT2D eigenvalue weighted by molar-refractivity contribution is 0.180. The molecule has 0 spiro atoms. The van der Waals surface area contributed by atoms with Gasteiger partial charge >= 0.3 is 0 Å². The molecule has 1 N–H and O–H groups in total. The molecule has 0 aromatic heterocycles. The fourth-order valence-electron chi connectivity index (χ4n) is 3.44. The molecule has 2 nitrogen and oxygen atoms in total. The zero-order chi connectivity index (χ0) is 13.8. The third kappa shape index (κ3) is 3.21. The van der Waals surface area contributed by atoms with E-state index in [2.05, 4.69) is 59.4 Å². The van der Waals surface area contributed by atoms with Crippen molar-refractivity contribution in [3.63, 3.8) is 0 Å². The van der Waals surface area contributed by atoms with Gasteiger partial charge in [-0.3, -0.25) is 0 Å².